The highest BCUT2D eigenvalue weighted by atomic mass is 32.2. The lowest BCUT2D eigenvalue weighted by Gasteiger charge is -2.20. The Hall–Kier alpha value is -2.10. The lowest BCUT2D eigenvalue weighted by atomic mass is 10.1. The summed E-state index contributed by atoms with van der Waals surface area (Å²) in [6.07, 6.45) is 0.346. The van der Waals surface area contributed by atoms with Crippen molar-refractivity contribution in [2.24, 2.45) is 0 Å². The standard InChI is InChI=1S/C13H14F3NO5S/c1-3-17(4-2)12(19)11-7-10(6-5-9(11)8-18)22-23(20,21)13(14,15)16/h5-8H,3-4H2,1-2H3. The zero-order chi connectivity index (χ0) is 17.8. The number of benzene rings is 1. The largest absolute Gasteiger partial charge is 0.534 e. The maximum atomic E-state index is 12.3. The van der Waals surface area contributed by atoms with Gasteiger partial charge in [0.05, 0.1) is 5.56 Å². The summed E-state index contributed by atoms with van der Waals surface area (Å²) in [6, 6.07) is 2.69. The molecule has 0 atom stereocenters. The molecule has 0 aliphatic rings. The average Bonchev–Trinajstić information content (AvgIpc) is 2.46. The molecule has 0 saturated carbocycles. The summed E-state index contributed by atoms with van der Waals surface area (Å²) in [5, 5.41) is 0. The van der Waals surface area contributed by atoms with Crippen LogP contribution in [0.1, 0.15) is 34.6 Å². The fourth-order valence-electron chi connectivity index (χ4n) is 1.73. The second-order valence-electron chi connectivity index (χ2n) is 4.33. The second kappa shape index (κ2) is 6.99. The summed E-state index contributed by atoms with van der Waals surface area (Å²) in [7, 11) is -5.86. The predicted octanol–water partition coefficient (Wildman–Crippen LogP) is 2.21. The van der Waals surface area contributed by atoms with Crippen LogP contribution in [-0.2, 0) is 10.1 Å². The Morgan fingerprint density at radius 1 is 1.26 bits per heavy atom. The Labute approximate surface area is 131 Å². The number of nitrogens with zero attached hydrogens (tertiary/aromatic N) is 1. The van der Waals surface area contributed by atoms with E-state index < -0.39 is 27.3 Å². The highest BCUT2D eigenvalue weighted by Gasteiger charge is 2.48. The van der Waals surface area contributed by atoms with Crippen LogP contribution in [0.15, 0.2) is 18.2 Å². The Balaban J connectivity index is 3.29. The summed E-state index contributed by atoms with van der Waals surface area (Å²) in [5.41, 5.74) is -5.92. The molecule has 0 saturated heterocycles. The summed E-state index contributed by atoms with van der Waals surface area (Å²) in [5.74, 6) is -1.32. The zero-order valence-electron chi connectivity index (χ0n) is 12.3. The van der Waals surface area contributed by atoms with Gasteiger partial charge in [0, 0.05) is 18.7 Å². The van der Waals surface area contributed by atoms with Crippen LogP contribution >= 0.6 is 0 Å². The Morgan fingerprint density at radius 2 is 1.83 bits per heavy atom. The summed E-state index contributed by atoms with van der Waals surface area (Å²) < 4.78 is 62.9. The number of alkyl halides is 3. The van der Waals surface area contributed by atoms with Crippen LogP contribution in [-0.4, -0.2) is 44.1 Å². The van der Waals surface area contributed by atoms with E-state index in [0.29, 0.717) is 19.4 Å². The highest BCUT2D eigenvalue weighted by molar-refractivity contribution is 7.88. The van der Waals surface area contributed by atoms with Gasteiger partial charge in [0.1, 0.15) is 5.75 Å². The lowest BCUT2D eigenvalue weighted by molar-refractivity contribution is -0.0500. The molecule has 0 N–H and O–H groups in total. The van der Waals surface area contributed by atoms with Crippen molar-refractivity contribution in [3.8, 4) is 5.75 Å². The Bertz CT molecular complexity index is 696. The van der Waals surface area contributed by atoms with Gasteiger partial charge in [-0.25, -0.2) is 0 Å². The highest BCUT2D eigenvalue weighted by Crippen LogP contribution is 2.28. The van der Waals surface area contributed by atoms with E-state index in [1.54, 1.807) is 13.8 Å². The molecule has 0 aromatic heterocycles. The summed E-state index contributed by atoms with van der Waals surface area (Å²) in [6.45, 7) is 3.96. The first-order chi connectivity index (χ1) is 10.6. The molecule has 0 radical (unpaired) electrons. The van der Waals surface area contributed by atoms with Crippen LogP contribution in [0.2, 0.25) is 0 Å². The molecule has 1 aromatic rings. The Morgan fingerprint density at radius 3 is 2.26 bits per heavy atom. The normalized spacial score (nSPS) is 11.9. The van der Waals surface area contributed by atoms with Crippen LogP contribution in [0, 0.1) is 0 Å². The van der Waals surface area contributed by atoms with Crippen LogP contribution in [0.4, 0.5) is 13.2 Å². The van der Waals surface area contributed by atoms with Gasteiger partial charge in [-0.15, -0.1) is 0 Å². The molecule has 1 rings (SSSR count). The minimum absolute atomic E-state index is 0.0846. The third-order valence-corrected chi connectivity index (χ3v) is 3.90. The number of carbonyl (C=O) groups is 2. The van der Waals surface area contributed by atoms with Crippen LogP contribution in [0.25, 0.3) is 0 Å². The summed E-state index contributed by atoms with van der Waals surface area (Å²) >= 11 is 0. The van der Waals surface area contributed by atoms with Crippen molar-refractivity contribution in [3.05, 3.63) is 29.3 Å². The predicted molar refractivity (Wildman–Crippen MR) is 74.7 cm³/mol. The number of amides is 1. The van der Waals surface area contributed by atoms with Gasteiger partial charge in [-0.05, 0) is 32.0 Å². The first-order valence-corrected chi connectivity index (χ1v) is 7.87. The minimum Gasteiger partial charge on any atom is -0.376 e. The number of halogens is 3. The fraction of sp³-hybridized carbons (Fsp3) is 0.385. The van der Waals surface area contributed by atoms with Crippen LogP contribution < -0.4 is 4.18 Å². The van der Waals surface area contributed by atoms with Crippen LogP contribution in [0.3, 0.4) is 0 Å². The average molecular weight is 353 g/mol. The van der Waals surface area contributed by atoms with Gasteiger partial charge < -0.3 is 9.08 Å². The smallest absolute Gasteiger partial charge is 0.376 e. The molecule has 10 heteroatoms. The molecule has 1 aromatic carbocycles. The summed E-state index contributed by atoms with van der Waals surface area (Å²) in [4.78, 5) is 24.5. The van der Waals surface area contributed by atoms with Crippen molar-refractivity contribution in [2.75, 3.05) is 13.1 Å². The van der Waals surface area contributed by atoms with Crippen molar-refractivity contribution >= 4 is 22.3 Å². The molecule has 0 fully saturated rings. The molecule has 0 spiro atoms. The molecular weight excluding hydrogens is 339 g/mol. The molecule has 0 heterocycles. The lowest BCUT2D eigenvalue weighted by Crippen LogP contribution is -2.31. The van der Waals surface area contributed by atoms with E-state index in [0.717, 1.165) is 18.2 Å². The first-order valence-electron chi connectivity index (χ1n) is 6.46. The van der Waals surface area contributed by atoms with Gasteiger partial charge >= 0.3 is 15.6 Å². The maximum Gasteiger partial charge on any atom is 0.534 e. The van der Waals surface area contributed by atoms with E-state index >= 15 is 0 Å². The fourth-order valence-corrected chi connectivity index (χ4v) is 2.18. The van der Waals surface area contributed by atoms with Crippen molar-refractivity contribution < 1.29 is 35.4 Å². The zero-order valence-corrected chi connectivity index (χ0v) is 13.1. The van der Waals surface area contributed by atoms with E-state index in [1.165, 1.54) is 4.90 Å². The van der Waals surface area contributed by atoms with Crippen molar-refractivity contribution in [1.82, 2.24) is 4.90 Å². The molecular formula is C13H14F3NO5S. The van der Waals surface area contributed by atoms with Gasteiger partial charge in [-0.1, -0.05) is 0 Å². The van der Waals surface area contributed by atoms with E-state index in [4.69, 9.17) is 0 Å². The van der Waals surface area contributed by atoms with Crippen molar-refractivity contribution in [1.29, 1.82) is 0 Å². The maximum absolute atomic E-state index is 12.3. The molecule has 0 aliphatic heterocycles. The van der Waals surface area contributed by atoms with Gasteiger partial charge in [-0.3, -0.25) is 9.59 Å². The van der Waals surface area contributed by atoms with Crippen molar-refractivity contribution in [2.45, 2.75) is 19.4 Å². The molecule has 1 amide bonds. The number of hydrogen-bond acceptors (Lipinski definition) is 5. The molecule has 128 valence electrons. The number of hydrogen-bond donors (Lipinski definition) is 0. The molecule has 0 bridgehead atoms. The van der Waals surface area contributed by atoms with E-state index in [2.05, 4.69) is 4.18 Å². The molecule has 0 aliphatic carbocycles. The van der Waals surface area contributed by atoms with Gasteiger partial charge in [0.15, 0.2) is 6.29 Å². The minimum atomic E-state index is -5.86. The van der Waals surface area contributed by atoms with E-state index in [-0.39, 0.29) is 11.1 Å². The van der Waals surface area contributed by atoms with Gasteiger partial charge in [0.2, 0.25) is 0 Å². The van der Waals surface area contributed by atoms with Gasteiger partial charge in [0.25, 0.3) is 5.91 Å². The second-order valence-corrected chi connectivity index (χ2v) is 5.87. The SMILES string of the molecule is CCN(CC)C(=O)c1cc(OS(=O)(=O)C(F)(F)F)ccc1C=O. The Kier molecular flexibility index (Phi) is 5.75. The van der Waals surface area contributed by atoms with Gasteiger partial charge in [-0.2, -0.15) is 21.6 Å². The third-order valence-electron chi connectivity index (χ3n) is 2.92. The third kappa shape index (κ3) is 4.21. The first kappa shape index (κ1) is 18.9. The quantitative estimate of drug-likeness (QED) is 0.445. The number of aldehydes is 1. The van der Waals surface area contributed by atoms with Crippen molar-refractivity contribution in [3.63, 3.8) is 0 Å². The molecule has 6 nitrogen and oxygen atoms in total. The van der Waals surface area contributed by atoms with Crippen LogP contribution in [0.5, 0.6) is 5.75 Å². The number of rotatable bonds is 6. The van der Waals surface area contributed by atoms with E-state index in [1.807, 2.05) is 0 Å². The van der Waals surface area contributed by atoms with E-state index in [9.17, 15) is 31.2 Å². The number of carbonyl (C=O) groups excluding carboxylic acids is 2. The monoisotopic (exact) mass is 353 g/mol. The molecule has 23 heavy (non-hydrogen) atoms. The topological polar surface area (TPSA) is 80.8 Å². The molecule has 0 unspecified atom stereocenters.